The van der Waals surface area contributed by atoms with Crippen molar-refractivity contribution in [3.63, 3.8) is 0 Å². The lowest BCUT2D eigenvalue weighted by Crippen LogP contribution is -2.18. The van der Waals surface area contributed by atoms with Crippen molar-refractivity contribution >= 4 is 11.3 Å². The van der Waals surface area contributed by atoms with E-state index in [0.717, 1.165) is 13.1 Å². The smallest absolute Gasteiger partial charge is 0.0540 e. The summed E-state index contributed by atoms with van der Waals surface area (Å²) < 4.78 is 2.04. The second-order valence-corrected chi connectivity index (χ2v) is 5.22. The van der Waals surface area contributed by atoms with Crippen LogP contribution in [0.25, 0.3) is 0 Å². The summed E-state index contributed by atoms with van der Waals surface area (Å²) in [6.45, 7) is 8.30. The highest BCUT2D eigenvalue weighted by atomic mass is 32.1. The quantitative estimate of drug-likeness (QED) is 0.882. The SMILES string of the molecule is CCn1ncc(C(C)NCc2cccs2)c1C. The molecule has 0 bridgehead atoms. The molecule has 0 spiro atoms. The first-order chi connectivity index (χ1) is 8.22. The minimum Gasteiger partial charge on any atom is -0.305 e. The minimum absolute atomic E-state index is 0.345. The molecule has 1 N–H and O–H groups in total. The van der Waals surface area contributed by atoms with Crippen LogP contribution in [0.5, 0.6) is 0 Å². The predicted octanol–water partition coefficient (Wildman–Crippen LogP) is 3.12. The summed E-state index contributed by atoms with van der Waals surface area (Å²) >= 11 is 1.79. The van der Waals surface area contributed by atoms with Gasteiger partial charge in [-0.1, -0.05) is 6.07 Å². The summed E-state index contributed by atoms with van der Waals surface area (Å²) in [5.74, 6) is 0. The fourth-order valence-electron chi connectivity index (χ4n) is 1.98. The van der Waals surface area contributed by atoms with E-state index in [2.05, 4.69) is 48.7 Å². The van der Waals surface area contributed by atoms with Gasteiger partial charge in [0, 0.05) is 35.3 Å². The molecule has 2 aromatic heterocycles. The maximum Gasteiger partial charge on any atom is 0.0540 e. The first kappa shape index (κ1) is 12.3. The average Bonchev–Trinajstić information content (AvgIpc) is 2.95. The fraction of sp³-hybridized carbons (Fsp3) is 0.462. The van der Waals surface area contributed by atoms with Gasteiger partial charge >= 0.3 is 0 Å². The average molecular weight is 249 g/mol. The summed E-state index contributed by atoms with van der Waals surface area (Å²) in [7, 11) is 0. The second kappa shape index (κ2) is 5.47. The molecule has 17 heavy (non-hydrogen) atoms. The Bertz CT molecular complexity index is 459. The molecular formula is C13H19N3S. The first-order valence-corrected chi connectivity index (χ1v) is 6.88. The Morgan fingerprint density at radius 3 is 2.94 bits per heavy atom. The standard InChI is InChI=1S/C13H19N3S/c1-4-16-11(3)13(9-15-16)10(2)14-8-12-6-5-7-17-12/h5-7,9-10,14H,4,8H2,1-3H3. The van der Waals surface area contributed by atoms with E-state index in [9.17, 15) is 0 Å². The van der Waals surface area contributed by atoms with Crippen molar-refractivity contribution in [2.45, 2.75) is 39.9 Å². The molecule has 2 aromatic rings. The van der Waals surface area contributed by atoms with E-state index in [0.29, 0.717) is 6.04 Å². The Labute approximate surface area is 106 Å². The first-order valence-electron chi connectivity index (χ1n) is 6.00. The van der Waals surface area contributed by atoms with Gasteiger partial charge in [0.15, 0.2) is 0 Å². The summed E-state index contributed by atoms with van der Waals surface area (Å²) in [5, 5.41) is 10.0. The largest absolute Gasteiger partial charge is 0.305 e. The third-order valence-corrected chi connectivity index (χ3v) is 3.95. The van der Waals surface area contributed by atoms with E-state index in [1.807, 2.05) is 10.9 Å². The molecule has 0 aliphatic heterocycles. The van der Waals surface area contributed by atoms with Gasteiger partial charge in [0.05, 0.1) is 6.20 Å². The van der Waals surface area contributed by atoms with E-state index >= 15 is 0 Å². The van der Waals surface area contributed by atoms with Crippen LogP contribution in [0, 0.1) is 6.92 Å². The Morgan fingerprint density at radius 1 is 1.53 bits per heavy atom. The van der Waals surface area contributed by atoms with Crippen LogP contribution in [0.4, 0.5) is 0 Å². The highest BCUT2D eigenvalue weighted by Crippen LogP contribution is 2.18. The lowest BCUT2D eigenvalue weighted by Gasteiger charge is -2.13. The molecule has 0 aromatic carbocycles. The predicted molar refractivity (Wildman–Crippen MR) is 72.2 cm³/mol. The molecule has 1 atom stereocenters. The number of aromatic nitrogens is 2. The van der Waals surface area contributed by atoms with Crippen LogP contribution in [-0.4, -0.2) is 9.78 Å². The van der Waals surface area contributed by atoms with E-state index < -0.39 is 0 Å². The van der Waals surface area contributed by atoms with Gasteiger partial charge < -0.3 is 5.32 Å². The van der Waals surface area contributed by atoms with Crippen LogP contribution in [0.15, 0.2) is 23.7 Å². The van der Waals surface area contributed by atoms with Crippen molar-refractivity contribution < 1.29 is 0 Å². The van der Waals surface area contributed by atoms with Crippen LogP contribution in [-0.2, 0) is 13.1 Å². The van der Waals surface area contributed by atoms with Crippen molar-refractivity contribution in [3.8, 4) is 0 Å². The number of thiophene rings is 1. The van der Waals surface area contributed by atoms with E-state index in [4.69, 9.17) is 0 Å². The summed E-state index contributed by atoms with van der Waals surface area (Å²) in [6.07, 6.45) is 1.98. The van der Waals surface area contributed by atoms with Crippen LogP contribution >= 0.6 is 11.3 Å². The molecule has 0 saturated carbocycles. The van der Waals surface area contributed by atoms with Gasteiger partial charge in [0.2, 0.25) is 0 Å². The zero-order chi connectivity index (χ0) is 12.3. The molecular weight excluding hydrogens is 230 g/mol. The van der Waals surface area contributed by atoms with Gasteiger partial charge in [0.25, 0.3) is 0 Å². The van der Waals surface area contributed by atoms with E-state index in [-0.39, 0.29) is 0 Å². The lowest BCUT2D eigenvalue weighted by atomic mass is 10.1. The molecule has 0 radical (unpaired) electrons. The zero-order valence-electron chi connectivity index (χ0n) is 10.6. The molecule has 1 unspecified atom stereocenters. The van der Waals surface area contributed by atoms with Crippen molar-refractivity contribution in [3.05, 3.63) is 39.8 Å². The summed E-state index contributed by atoms with van der Waals surface area (Å²) in [5.41, 5.74) is 2.56. The summed E-state index contributed by atoms with van der Waals surface area (Å²) in [6, 6.07) is 4.59. The van der Waals surface area contributed by atoms with Crippen LogP contribution in [0.3, 0.4) is 0 Å². The van der Waals surface area contributed by atoms with Gasteiger partial charge in [-0.3, -0.25) is 4.68 Å². The van der Waals surface area contributed by atoms with Crippen molar-refractivity contribution in [1.29, 1.82) is 0 Å². The molecule has 0 aliphatic carbocycles. The Morgan fingerprint density at radius 2 is 2.35 bits per heavy atom. The van der Waals surface area contributed by atoms with Gasteiger partial charge in [-0.15, -0.1) is 11.3 Å². The molecule has 0 saturated heterocycles. The third kappa shape index (κ3) is 2.76. The van der Waals surface area contributed by atoms with Crippen molar-refractivity contribution in [2.75, 3.05) is 0 Å². The molecule has 0 fully saturated rings. The Kier molecular flexibility index (Phi) is 3.97. The molecule has 92 valence electrons. The van der Waals surface area contributed by atoms with Gasteiger partial charge in [-0.25, -0.2) is 0 Å². The number of hydrogen-bond donors (Lipinski definition) is 1. The van der Waals surface area contributed by atoms with Crippen LogP contribution in [0.2, 0.25) is 0 Å². The fourth-order valence-corrected chi connectivity index (χ4v) is 2.64. The van der Waals surface area contributed by atoms with Crippen molar-refractivity contribution in [2.24, 2.45) is 0 Å². The highest BCUT2D eigenvalue weighted by Gasteiger charge is 2.12. The van der Waals surface area contributed by atoms with Crippen LogP contribution in [0.1, 0.15) is 36.0 Å². The van der Waals surface area contributed by atoms with Crippen LogP contribution < -0.4 is 5.32 Å². The highest BCUT2D eigenvalue weighted by molar-refractivity contribution is 7.09. The maximum atomic E-state index is 4.38. The Balaban J connectivity index is 1.99. The lowest BCUT2D eigenvalue weighted by molar-refractivity contribution is 0.571. The Hall–Kier alpha value is -1.13. The number of nitrogens with one attached hydrogen (secondary N) is 1. The monoisotopic (exact) mass is 249 g/mol. The van der Waals surface area contributed by atoms with Gasteiger partial charge in [-0.2, -0.15) is 5.10 Å². The molecule has 2 rings (SSSR count). The number of hydrogen-bond acceptors (Lipinski definition) is 3. The molecule has 2 heterocycles. The van der Waals surface area contributed by atoms with Gasteiger partial charge in [-0.05, 0) is 32.2 Å². The van der Waals surface area contributed by atoms with E-state index in [1.165, 1.54) is 16.1 Å². The van der Waals surface area contributed by atoms with Gasteiger partial charge in [0.1, 0.15) is 0 Å². The molecule has 4 heteroatoms. The normalized spacial score (nSPS) is 12.9. The number of aryl methyl sites for hydroxylation is 1. The maximum absolute atomic E-state index is 4.38. The summed E-state index contributed by atoms with van der Waals surface area (Å²) in [4.78, 5) is 1.37. The number of nitrogens with zero attached hydrogens (tertiary/aromatic N) is 2. The third-order valence-electron chi connectivity index (χ3n) is 3.07. The number of rotatable bonds is 5. The zero-order valence-corrected chi connectivity index (χ0v) is 11.4. The second-order valence-electron chi connectivity index (χ2n) is 4.18. The topological polar surface area (TPSA) is 29.9 Å². The van der Waals surface area contributed by atoms with Crippen molar-refractivity contribution in [1.82, 2.24) is 15.1 Å². The molecule has 0 amide bonds. The molecule has 0 aliphatic rings. The molecule has 3 nitrogen and oxygen atoms in total. The van der Waals surface area contributed by atoms with E-state index in [1.54, 1.807) is 11.3 Å². The minimum atomic E-state index is 0.345.